The van der Waals surface area contributed by atoms with Crippen LogP contribution in [-0.4, -0.2) is 63.3 Å². The third-order valence-electron chi connectivity index (χ3n) is 4.60. The van der Waals surface area contributed by atoms with Crippen LogP contribution in [0.5, 0.6) is 0 Å². The monoisotopic (exact) mass is 296 g/mol. The predicted molar refractivity (Wildman–Crippen MR) is 87.8 cm³/mol. The molecule has 21 heavy (non-hydrogen) atoms. The van der Waals surface area contributed by atoms with Crippen molar-refractivity contribution >= 4 is 5.96 Å². The molecule has 0 radical (unpaired) electrons. The van der Waals surface area contributed by atoms with Crippen LogP contribution in [0, 0.1) is 5.41 Å². The van der Waals surface area contributed by atoms with Crippen LogP contribution in [0.4, 0.5) is 0 Å². The molecule has 2 aliphatic rings. The number of nitrogens with zero attached hydrogens (tertiary/aromatic N) is 2. The lowest BCUT2D eigenvalue weighted by molar-refractivity contribution is 0.0389. The highest BCUT2D eigenvalue weighted by Crippen LogP contribution is 2.37. The Morgan fingerprint density at radius 3 is 2.57 bits per heavy atom. The molecular weight excluding hydrogens is 264 g/mol. The minimum absolute atomic E-state index is 0.423. The third-order valence-corrected chi connectivity index (χ3v) is 4.60. The highest BCUT2D eigenvalue weighted by Gasteiger charge is 2.28. The molecule has 0 atom stereocenters. The summed E-state index contributed by atoms with van der Waals surface area (Å²) in [5.41, 5.74) is 0.423. The summed E-state index contributed by atoms with van der Waals surface area (Å²) in [6, 6.07) is 0. The van der Waals surface area contributed by atoms with E-state index in [2.05, 4.69) is 29.4 Å². The van der Waals surface area contributed by atoms with Gasteiger partial charge in [-0.05, 0) is 25.2 Å². The van der Waals surface area contributed by atoms with Crippen LogP contribution >= 0.6 is 0 Å². The first-order chi connectivity index (χ1) is 10.2. The van der Waals surface area contributed by atoms with Crippen molar-refractivity contribution in [3.8, 4) is 0 Å². The number of morpholine rings is 1. The second kappa shape index (κ2) is 8.59. The maximum absolute atomic E-state index is 5.37. The molecule has 0 bridgehead atoms. The Morgan fingerprint density at radius 2 is 1.90 bits per heavy atom. The van der Waals surface area contributed by atoms with E-state index >= 15 is 0 Å². The van der Waals surface area contributed by atoms with Gasteiger partial charge < -0.3 is 15.4 Å². The van der Waals surface area contributed by atoms with E-state index in [0.717, 1.165) is 58.4 Å². The second-order valence-electron chi connectivity index (χ2n) is 6.59. The molecule has 0 aromatic carbocycles. The van der Waals surface area contributed by atoms with Crippen LogP contribution in [0.3, 0.4) is 0 Å². The number of aliphatic imine (C=N–C) groups is 1. The Bertz CT molecular complexity index is 320. The van der Waals surface area contributed by atoms with E-state index < -0.39 is 0 Å². The fraction of sp³-hybridized carbons (Fsp3) is 0.938. The van der Waals surface area contributed by atoms with Gasteiger partial charge in [0.05, 0.1) is 13.2 Å². The first-order valence-electron chi connectivity index (χ1n) is 8.54. The maximum Gasteiger partial charge on any atom is 0.191 e. The number of rotatable bonds is 6. The molecule has 2 N–H and O–H groups in total. The average molecular weight is 296 g/mol. The molecule has 122 valence electrons. The van der Waals surface area contributed by atoms with E-state index in [1.54, 1.807) is 0 Å². The van der Waals surface area contributed by atoms with Gasteiger partial charge in [-0.2, -0.15) is 0 Å². The van der Waals surface area contributed by atoms with E-state index in [9.17, 15) is 0 Å². The van der Waals surface area contributed by atoms with Crippen LogP contribution in [0.2, 0.25) is 0 Å². The van der Waals surface area contributed by atoms with Crippen LogP contribution in [0.15, 0.2) is 4.99 Å². The molecule has 0 aromatic rings. The van der Waals surface area contributed by atoms with Gasteiger partial charge >= 0.3 is 0 Å². The maximum atomic E-state index is 5.37. The van der Waals surface area contributed by atoms with Gasteiger partial charge in [-0.1, -0.05) is 19.8 Å². The molecule has 0 unspecified atom stereocenters. The molecule has 0 amide bonds. The number of hydrogen-bond donors (Lipinski definition) is 2. The van der Waals surface area contributed by atoms with Gasteiger partial charge in [-0.3, -0.25) is 9.89 Å². The summed E-state index contributed by atoms with van der Waals surface area (Å²) in [6.07, 6.45) is 5.38. The predicted octanol–water partition coefficient (Wildman–Crippen LogP) is 1.45. The quantitative estimate of drug-likeness (QED) is 0.575. The topological polar surface area (TPSA) is 48.9 Å². The number of hydrogen-bond acceptors (Lipinski definition) is 3. The zero-order valence-corrected chi connectivity index (χ0v) is 13.8. The minimum atomic E-state index is 0.423. The Morgan fingerprint density at radius 1 is 1.19 bits per heavy atom. The molecule has 0 spiro atoms. The van der Waals surface area contributed by atoms with Crippen molar-refractivity contribution < 1.29 is 4.74 Å². The summed E-state index contributed by atoms with van der Waals surface area (Å²) in [5.74, 6) is 0.971. The molecule has 0 aromatic heterocycles. The van der Waals surface area contributed by atoms with E-state index in [1.165, 1.54) is 25.7 Å². The van der Waals surface area contributed by atoms with Crippen molar-refractivity contribution in [2.45, 2.75) is 39.5 Å². The molecule has 5 heteroatoms. The molecule has 5 nitrogen and oxygen atoms in total. The smallest absolute Gasteiger partial charge is 0.191 e. The largest absolute Gasteiger partial charge is 0.379 e. The van der Waals surface area contributed by atoms with Gasteiger partial charge in [-0.15, -0.1) is 0 Å². The SMILES string of the molecule is CCNC(=NCC1(C)CCCC1)NCCN1CCOCC1. The Labute approximate surface area is 129 Å². The molecule has 1 aliphatic heterocycles. The summed E-state index contributed by atoms with van der Waals surface area (Å²) in [6.45, 7) is 12.2. The summed E-state index contributed by atoms with van der Waals surface area (Å²) in [5, 5.41) is 6.82. The third kappa shape index (κ3) is 5.83. The van der Waals surface area contributed by atoms with E-state index in [-0.39, 0.29) is 0 Å². The van der Waals surface area contributed by atoms with Crippen molar-refractivity contribution in [3.05, 3.63) is 0 Å². The van der Waals surface area contributed by atoms with Crippen LogP contribution in [0.1, 0.15) is 39.5 Å². The highest BCUT2D eigenvalue weighted by atomic mass is 16.5. The summed E-state index contributed by atoms with van der Waals surface area (Å²) in [4.78, 5) is 7.24. The summed E-state index contributed by atoms with van der Waals surface area (Å²) >= 11 is 0. The fourth-order valence-electron chi connectivity index (χ4n) is 3.16. The molecule has 1 heterocycles. The van der Waals surface area contributed by atoms with Gasteiger partial charge in [0.25, 0.3) is 0 Å². The summed E-state index contributed by atoms with van der Waals surface area (Å²) < 4.78 is 5.37. The fourth-order valence-corrected chi connectivity index (χ4v) is 3.16. The van der Waals surface area contributed by atoms with E-state index in [4.69, 9.17) is 9.73 Å². The lowest BCUT2D eigenvalue weighted by Gasteiger charge is -2.27. The van der Waals surface area contributed by atoms with Crippen molar-refractivity contribution in [1.29, 1.82) is 0 Å². The van der Waals surface area contributed by atoms with Crippen molar-refractivity contribution in [2.75, 3.05) is 52.5 Å². The average Bonchev–Trinajstić information content (AvgIpc) is 2.93. The van der Waals surface area contributed by atoms with Gasteiger partial charge in [0.1, 0.15) is 0 Å². The zero-order valence-electron chi connectivity index (χ0n) is 13.8. The van der Waals surface area contributed by atoms with Crippen molar-refractivity contribution in [3.63, 3.8) is 0 Å². The first-order valence-corrected chi connectivity index (χ1v) is 8.54. The van der Waals surface area contributed by atoms with Gasteiger partial charge in [0.15, 0.2) is 5.96 Å². The minimum Gasteiger partial charge on any atom is -0.379 e. The Balaban J connectivity index is 1.72. The van der Waals surface area contributed by atoms with Crippen LogP contribution in [-0.2, 0) is 4.74 Å². The lowest BCUT2D eigenvalue weighted by atomic mass is 9.89. The van der Waals surface area contributed by atoms with Crippen molar-refractivity contribution in [2.24, 2.45) is 10.4 Å². The van der Waals surface area contributed by atoms with Gasteiger partial charge in [0, 0.05) is 39.3 Å². The molecule has 1 aliphatic carbocycles. The van der Waals surface area contributed by atoms with Crippen molar-refractivity contribution in [1.82, 2.24) is 15.5 Å². The van der Waals surface area contributed by atoms with E-state index in [0.29, 0.717) is 5.41 Å². The molecule has 2 rings (SSSR count). The van der Waals surface area contributed by atoms with Gasteiger partial charge in [-0.25, -0.2) is 0 Å². The Hall–Kier alpha value is -0.810. The number of ether oxygens (including phenoxy) is 1. The molecular formula is C16H32N4O. The second-order valence-corrected chi connectivity index (χ2v) is 6.59. The van der Waals surface area contributed by atoms with E-state index in [1.807, 2.05) is 0 Å². The molecule has 1 saturated carbocycles. The lowest BCUT2D eigenvalue weighted by Crippen LogP contribution is -2.44. The number of guanidine groups is 1. The number of nitrogens with one attached hydrogen (secondary N) is 2. The summed E-state index contributed by atoms with van der Waals surface area (Å²) in [7, 11) is 0. The highest BCUT2D eigenvalue weighted by molar-refractivity contribution is 5.79. The molecule has 1 saturated heterocycles. The normalized spacial score (nSPS) is 23.2. The van der Waals surface area contributed by atoms with Gasteiger partial charge in [0.2, 0.25) is 0 Å². The Kier molecular flexibility index (Phi) is 6.77. The van der Waals surface area contributed by atoms with Crippen LogP contribution in [0.25, 0.3) is 0 Å². The zero-order chi connectivity index (χ0) is 15.0. The first kappa shape index (κ1) is 16.6. The standard InChI is InChI=1S/C16H32N4O/c1-3-17-15(19-14-16(2)6-4-5-7-16)18-8-9-20-10-12-21-13-11-20/h3-14H2,1-2H3,(H2,17,18,19). The molecule has 2 fully saturated rings. The van der Waals surface area contributed by atoms with Crippen LogP contribution < -0.4 is 10.6 Å².